The minimum atomic E-state index is -0.445. The highest BCUT2D eigenvalue weighted by Gasteiger charge is 2.10. The summed E-state index contributed by atoms with van der Waals surface area (Å²) in [7, 11) is 1.95. The van der Waals surface area contributed by atoms with Gasteiger partial charge in [0.15, 0.2) is 0 Å². The van der Waals surface area contributed by atoms with Gasteiger partial charge in [-0.2, -0.15) is 0 Å². The molecule has 74 valence electrons. The Hall–Kier alpha value is -0.990. The first-order valence-corrected chi connectivity index (χ1v) is 4.90. The molecule has 0 aliphatic rings. The van der Waals surface area contributed by atoms with Crippen LogP contribution in [-0.2, 0) is 7.05 Å². The van der Waals surface area contributed by atoms with Gasteiger partial charge in [0.25, 0.3) is 0 Å². The van der Waals surface area contributed by atoms with Gasteiger partial charge in [0, 0.05) is 34.7 Å². The van der Waals surface area contributed by atoms with Crippen molar-refractivity contribution in [2.45, 2.75) is 13.0 Å². The van der Waals surface area contributed by atoms with E-state index in [-0.39, 0.29) is 0 Å². The second-order valence-corrected chi connectivity index (χ2v) is 3.97. The largest absolute Gasteiger partial charge is 0.389 e. The summed E-state index contributed by atoms with van der Waals surface area (Å²) in [6, 6.07) is 5.69. The highest BCUT2D eigenvalue weighted by atomic mass is 35.5. The Morgan fingerprint density at radius 3 is 2.79 bits per heavy atom. The van der Waals surface area contributed by atoms with E-state index in [1.807, 2.05) is 36.0 Å². The molecule has 1 heterocycles. The summed E-state index contributed by atoms with van der Waals surface area (Å²) in [6.07, 6.45) is 1.49. The average molecular weight is 210 g/mol. The molecule has 0 radical (unpaired) electrons. The normalized spacial score (nSPS) is 13.4. The van der Waals surface area contributed by atoms with Crippen molar-refractivity contribution < 1.29 is 5.11 Å². The molecule has 1 N–H and O–H groups in total. The molecule has 1 aromatic carbocycles. The van der Waals surface area contributed by atoms with E-state index >= 15 is 0 Å². The van der Waals surface area contributed by atoms with Crippen LogP contribution in [0.25, 0.3) is 10.9 Å². The Morgan fingerprint density at radius 2 is 2.14 bits per heavy atom. The molecule has 0 saturated carbocycles. The summed E-state index contributed by atoms with van der Waals surface area (Å²) in [5.74, 6) is 0. The third-order valence-corrected chi connectivity index (χ3v) is 2.67. The Balaban J connectivity index is 2.77. The molecule has 0 saturated heterocycles. The lowest BCUT2D eigenvalue weighted by atomic mass is 10.1. The van der Waals surface area contributed by atoms with Crippen LogP contribution < -0.4 is 0 Å². The van der Waals surface area contributed by atoms with Gasteiger partial charge in [-0.1, -0.05) is 17.7 Å². The van der Waals surface area contributed by atoms with E-state index in [1.54, 1.807) is 6.92 Å². The molecule has 2 aromatic rings. The number of aliphatic hydroxyl groups excluding tert-OH is 1. The van der Waals surface area contributed by atoms with Gasteiger partial charge in [-0.15, -0.1) is 0 Å². The first-order chi connectivity index (χ1) is 6.59. The van der Waals surface area contributed by atoms with E-state index in [0.717, 1.165) is 21.5 Å². The number of hydrogen-bond acceptors (Lipinski definition) is 1. The van der Waals surface area contributed by atoms with Gasteiger partial charge in [0.05, 0.1) is 6.10 Å². The Labute approximate surface area is 87.7 Å². The fourth-order valence-corrected chi connectivity index (χ4v) is 1.89. The molecule has 0 aliphatic heterocycles. The van der Waals surface area contributed by atoms with Crippen molar-refractivity contribution >= 4 is 22.5 Å². The van der Waals surface area contributed by atoms with Crippen LogP contribution in [0.4, 0.5) is 0 Å². The highest BCUT2D eigenvalue weighted by molar-refractivity contribution is 6.31. The maximum absolute atomic E-state index is 9.56. The smallest absolute Gasteiger partial charge is 0.0782 e. The third kappa shape index (κ3) is 1.41. The summed E-state index contributed by atoms with van der Waals surface area (Å²) in [6.45, 7) is 1.77. The van der Waals surface area contributed by atoms with Gasteiger partial charge < -0.3 is 9.67 Å². The van der Waals surface area contributed by atoms with Crippen molar-refractivity contribution in [2.75, 3.05) is 0 Å². The van der Waals surface area contributed by atoms with E-state index in [2.05, 4.69) is 0 Å². The lowest BCUT2D eigenvalue weighted by Crippen LogP contribution is -1.88. The highest BCUT2D eigenvalue weighted by Crippen LogP contribution is 2.27. The number of rotatable bonds is 1. The zero-order valence-electron chi connectivity index (χ0n) is 8.16. The van der Waals surface area contributed by atoms with E-state index in [1.165, 1.54) is 0 Å². The van der Waals surface area contributed by atoms with Gasteiger partial charge in [0.2, 0.25) is 0 Å². The van der Waals surface area contributed by atoms with Crippen molar-refractivity contribution in [1.82, 2.24) is 4.57 Å². The maximum Gasteiger partial charge on any atom is 0.0782 e. The molecule has 0 fully saturated rings. The summed E-state index contributed by atoms with van der Waals surface area (Å²) in [5, 5.41) is 11.3. The van der Waals surface area contributed by atoms with Gasteiger partial charge in [0.1, 0.15) is 0 Å². The van der Waals surface area contributed by atoms with Gasteiger partial charge in [-0.3, -0.25) is 0 Å². The number of aryl methyl sites for hydroxylation is 1. The van der Waals surface area contributed by atoms with Gasteiger partial charge >= 0.3 is 0 Å². The summed E-state index contributed by atoms with van der Waals surface area (Å²) < 4.78 is 1.98. The third-order valence-electron chi connectivity index (χ3n) is 2.43. The molecule has 0 aliphatic carbocycles. The number of halogens is 1. The van der Waals surface area contributed by atoms with E-state index < -0.39 is 6.10 Å². The molecule has 0 bridgehead atoms. The molecule has 2 nitrogen and oxygen atoms in total. The molecular weight excluding hydrogens is 198 g/mol. The topological polar surface area (TPSA) is 25.2 Å². The van der Waals surface area contributed by atoms with E-state index in [4.69, 9.17) is 11.6 Å². The maximum atomic E-state index is 9.56. The van der Waals surface area contributed by atoms with Crippen LogP contribution in [0.2, 0.25) is 5.02 Å². The number of aliphatic hydroxyl groups is 1. The second kappa shape index (κ2) is 3.30. The van der Waals surface area contributed by atoms with Gasteiger partial charge in [-0.25, -0.2) is 0 Å². The molecule has 1 aromatic heterocycles. The van der Waals surface area contributed by atoms with Crippen LogP contribution in [0.15, 0.2) is 24.4 Å². The van der Waals surface area contributed by atoms with Crippen LogP contribution in [0.3, 0.4) is 0 Å². The zero-order chi connectivity index (χ0) is 10.3. The Kier molecular flexibility index (Phi) is 2.25. The molecule has 1 atom stereocenters. The van der Waals surface area contributed by atoms with Crippen molar-refractivity contribution in [3.8, 4) is 0 Å². The standard InChI is InChI=1S/C11H12ClNO/c1-7(14)10-6-13(2)11-5-8(12)3-4-9(10)11/h3-7,14H,1-2H3/t7-/m0/s1. The van der Waals surface area contributed by atoms with E-state index in [0.29, 0.717) is 0 Å². The molecule has 2 rings (SSSR count). The van der Waals surface area contributed by atoms with Crippen LogP contribution in [0.5, 0.6) is 0 Å². The molecule has 14 heavy (non-hydrogen) atoms. The molecular formula is C11H12ClNO. The van der Waals surface area contributed by atoms with Crippen LogP contribution >= 0.6 is 11.6 Å². The molecule has 0 spiro atoms. The van der Waals surface area contributed by atoms with Crippen LogP contribution in [-0.4, -0.2) is 9.67 Å². The minimum absolute atomic E-state index is 0.445. The molecule has 3 heteroatoms. The zero-order valence-corrected chi connectivity index (χ0v) is 8.92. The fourth-order valence-electron chi connectivity index (χ4n) is 1.72. The molecule has 0 unspecified atom stereocenters. The van der Waals surface area contributed by atoms with Crippen LogP contribution in [0.1, 0.15) is 18.6 Å². The summed E-state index contributed by atoms with van der Waals surface area (Å²) in [5.41, 5.74) is 1.99. The Bertz CT molecular complexity index is 473. The Morgan fingerprint density at radius 1 is 1.43 bits per heavy atom. The number of fused-ring (bicyclic) bond motifs is 1. The number of aromatic nitrogens is 1. The predicted octanol–water partition coefficient (Wildman–Crippen LogP) is 2.89. The van der Waals surface area contributed by atoms with Crippen molar-refractivity contribution in [3.05, 3.63) is 35.0 Å². The van der Waals surface area contributed by atoms with Crippen molar-refractivity contribution in [2.24, 2.45) is 7.05 Å². The summed E-state index contributed by atoms with van der Waals surface area (Å²) in [4.78, 5) is 0. The number of benzene rings is 1. The summed E-state index contributed by atoms with van der Waals surface area (Å²) >= 11 is 5.90. The first-order valence-electron chi connectivity index (χ1n) is 4.52. The number of hydrogen-bond donors (Lipinski definition) is 1. The number of nitrogens with zero attached hydrogens (tertiary/aromatic N) is 1. The fraction of sp³-hybridized carbons (Fsp3) is 0.273. The lowest BCUT2D eigenvalue weighted by molar-refractivity contribution is 0.200. The minimum Gasteiger partial charge on any atom is -0.389 e. The SMILES string of the molecule is C[C@H](O)c1cn(C)c2cc(Cl)ccc12. The quantitative estimate of drug-likeness (QED) is 0.768. The predicted molar refractivity (Wildman–Crippen MR) is 58.6 cm³/mol. The van der Waals surface area contributed by atoms with Gasteiger partial charge in [-0.05, 0) is 19.1 Å². The average Bonchev–Trinajstić information content (AvgIpc) is 2.44. The van der Waals surface area contributed by atoms with Crippen molar-refractivity contribution in [1.29, 1.82) is 0 Å². The lowest BCUT2D eigenvalue weighted by Gasteiger charge is -2.00. The first kappa shape index (κ1) is 9.56. The van der Waals surface area contributed by atoms with E-state index in [9.17, 15) is 5.11 Å². The second-order valence-electron chi connectivity index (χ2n) is 3.53. The van der Waals surface area contributed by atoms with Crippen molar-refractivity contribution in [3.63, 3.8) is 0 Å². The molecule has 0 amide bonds. The van der Waals surface area contributed by atoms with Crippen LogP contribution in [0, 0.1) is 0 Å². The monoisotopic (exact) mass is 209 g/mol.